The Hall–Kier alpha value is -4.87. The lowest BCUT2D eigenvalue weighted by molar-refractivity contribution is -0.142. The van der Waals surface area contributed by atoms with Gasteiger partial charge >= 0.3 is 18.1 Å². The van der Waals surface area contributed by atoms with Crippen molar-refractivity contribution in [3.05, 3.63) is 95.1 Å². The molecule has 0 aliphatic heterocycles. The van der Waals surface area contributed by atoms with E-state index in [2.05, 4.69) is 10.3 Å². The van der Waals surface area contributed by atoms with Crippen LogP contribution in [0.2, 0.25) is 0 Å². The highest BCUT2D eigenvalue weighted by Gasteiger charge is 2.35. The number of hydrogen-bond donors (Lipinski definition) is 4. The number of guanidine groups is 1. The largest absolute Gasteiger partial charge is 0.480 e. The fourth-order valence-corrected chi connectivity index (χ4v) is 3.49. The molecule has 1 amide bonds. The Balaban J connectivity index is 1.74. The van der Waals surface area contributed by atoms with Gasteiger partial charge in [0.2, 0.25) is 5.91 Å². The van der Waals surface area contributed by atoms with Crippen molar-refractivity contribution in [2.24, 2.45) is 16.5 Å². The van der Waals surface area contributed by atoms with Gasteiger partial charge in [-0.3, -0.25) is 4.79 Å². The van der Waals surface area contributed by atoms with Crippen LogP contribution in [0.25, 0.3) is 0 Å². The number of esters is 1. The molecule has 0 saturated carbocycles. The number of carbonyl (C=O) groups is 3. The monoisotopic (exact) mass is 528 g/mol. The molecule has 1 atom stereocenters. The lowest BCUT2D eigenvalue weighted by Crippen LogP contribution is -2.43. The summed E-state index contributed by atoms with van der Waals surface area (Å²) in [7, 11) is 0. The van der Waals surface area contributed by atoms with Crippen LogP contribution in [-0.2, 0) is 28.6 Å². The number of rotatable bonds is 9. The average molecular weight is 528 g/mol. The SMILES string of the molecule is NC(N)=Nc1ccc(C(=O)Oc2ccc(CC(=O)N[C@@H](Cc3ccccc3)C(=O)O)c(C(F)(F)F)c2)cc1. The summed E-state index contributed by atoms with van der Waals surface area (Å²) in [6, 6.07) is 15.4. The van der Waals surface area contributed by atoms with Crippen molar-refractivity contribution in [1.82, 2.24) is 5.32 Å². The van der Waals surface area contributed by atoms with E-state index in [-0.39, 0.29) is 17.9 Å². The summed E-state index contributed by atoms with van der Waals surface area (Å²) >= 11 is 0. The highest BCUT2D eigenvalue weighted by Crippen LogP contribution is 2.35. The molecule has 6 N–H and O–H groups in total. The van der Waals surface area contributed by atoms with Gasteiger partial charge in [-0.2, -0.15) is 13.2 Å². The summed E-state index contributed by atoms with van der Waals surface area (Å²) < 4.78 is 46.4. The zero-order valence-electron chi connectivity index (χ0n) is 19.7. The molecule has 198 valence electrons. The molecule has 0 fully saturated rings. The maximum atomic E-state index is 13.8. The summed E-state index contributed by atoms with van der Waals surface area (Å²) in [5, 5.41) is 11.7. The lowest BCUT2D eigenvalue weighted by Gasteiger charge is -2.17. The quantitative estimate of drug-likeness (QED) is 0.144. The molecule has 0 aliphatic carbocycles. The normalized spacial score (nSPS) is 11.8. The van der Waals surface area contributed by atoms with E-state index in [1.165, 1.54) is 24.3 Å². The second-order valence-electron chi connectivity index (χ2n) is 8.11. The number of aliphatic carboxylic acids is 1. The maximum absolute atomic E-state index is 13.8. The van der Waals surface area contributed by atoms with Gasteiger partial charge in [0.15, 0.2) is 5.96 Å². The van der Waals surface area contributed by atoms with Gasteiger partial charge in [0.1, 0.15) is 11.8 Å². The molecule has 3 rings (SSSR count). The minimum atomic E-state index is -4.88. The number of carboxylic acid groups (broad SMARTS) is 1. The zero-order chi connectivity index (χ0) is 27.9. The molecule has 3 aromatic carbocycles. The molecule has 0 saturated heterocycles. The molecular formula is C26H23F3N4O5. The number of hydrogen-bond acceptors (Lipinski definition) is 5. The summed E-state index contributed by atoms with van der Waals surface area (Å²) in [6.07, 6.45) is -5.67. The second-order valence-corrected chi connectivity index (χ2v) is 8.11. The van der Waals surface area contributed by atoms with Gasteiger partial charge < -0.3 is 26.6 Å². The Bertz CT molecular complexity index is 1340. The van der Waals surface area contributed by atoms with Crippen molar-refractivity contribution in [2.45, 2.75) is 25.1 Å². The summed E-state index contributed by atoms with van der Waals surface area (Å²) in [5.41, 5.74) is 9.97. The molecule has 38 heavy (non-hydrogen) atoms. The summed E-state index contributed by atoms with van der Waals surface area (Å²) in [5.74, 6) is -3.75. The highest BCUT2D eigenvalue weighted by molar-refractivity contribution is 5.91. The van der Waals surface area contributed by atoms with Gasteiger partial charge in [-0.15, -0.1) is 0 Å². The molecule has 0 bridgehead atoms. The molecule has 12 heteroatoms. The van der Waals surface area contributed by atoms with E-state index in [0.717, 1.165) is 12.1 Å². The van der Waals surface area contributed by atoms with Crippen LogP contribution in [0.15, 0.2) is 77.8 Å². The number of benzene rings is 3. The second kappa shape index (κ2) is 11.9. The first-order valence-electron chi connectivity index (χ1n) is 11.1. The van der Waals surface area contributed by atoms with Crippen LogP contribution in [0.3, 0.4) is 0 Å². The van der Waals surface area contributed by atoms with E-state index in [0.29, 0.717) is 17.3 Å². The predicted molar refractivity (Wildman–Crippen MR) is 132 cm³/mol. The third kappa shape index (κ3) is 7.82. The fourth-order valence-electron chi connectivity index (χ4n) is 3.49. The minimum Gasteiger partial charge on any atom is -0.480 e. The number of aliphatic imine (C=N–C) groups is 1. The van der Waals surface area contributed by atoms with E-state index >= 15 is 0 Å². The molecule has 0 radical (unpaired) electrons. The van der Waals surface area contributed by atoms with Crippen LogP contribution in [-0.4, -0.2) is 35.0 Å². The van der Waals surface area contributed by atoms with Gasteiger partial charge in [0.05, 0.1) is 23.2 Å². The number of alkyl halides is 3. The van der Waals surface area contributed by atoms with Gasteiger partial charge in [-0.05, 0) is 47.5 Å². The number of ether oxygens (including phenoxy) is 1. The van der Waals surface area contributed by atoms with Crippen LogP contribution < -0.4 is 21.5 Å². The van der Waals surface area contributed by atoms with Crippen molar-refractivity contribution in [3.63, 3.8) is 0 Å². The third-order valence-corrected chi connectivity index (χ3v) is 5.23. The first-order valence-corrected chi connectivity index (χ1v) is 11.1. The average Bonchev–Trinajstić information content (AvgIpc) is 2.84. The molecule has 0 aromatic heterocycles. The van der Waals surface area contributed by atoms with E-state index in [4.69, 9.17) is 16.2 Å². The predicted octanol–water partition coefficient (Wildman–Crippen LogP) is 3.18. The van der Waals surface area contributed by atoms with E-state index in [1.54, 1.807) is 30.3 Å². The Morgan fingerprint density at radius 1 is 0.974 bits per heavy atom. The van der Waals surface area contributed by atoms with Crippen LogP contribution >= 0.6 is 0 Å². The van der Waals surface area contributed by atoms with Crippen molar-refractivity contribution in [2.75, 3.05) is 0 Å². The Kier molecular flexibility index (Phi) is 8.69. The number of nitrogens with two attached hydrogens (primary N) is 2. The van der Waals surface area contributed by atoms with Gasteiger partial charge in [-0.1, -0.05) is 36.4 Å². The van der Waals surface area contributed by atoms with Crippen molar-refractivity contribution in [3.8, 4) is 5.75 Å². The van der Waals surface area contributed by atoms with E-state index in [9.17, 15) is 32.7 Å². The molecule has 9 nitrogen and oxygen atoms in total. The Morgan fingerprint density at radius 3 is 2.21 bits per heavy atom. The number of nitrogens with zero attached hydrogens (tertiary/aromatic N) is 1. The maximum Gasteiger partial charge on any atom is 0.416 e. The summed E-state index contributed by atoms with van der Waals surface area (Å²) in [4.78, 5) is 40.3. The lowest BCUT2D eigenvalue weighted by atomic mass is 10.0. The minimum absolute atomic E-state index is 0.0367. The number of carbonyl (C=O) groups excluding carboxylic acids is 2. The molecule has 3 aromatic rings. The van der Waals surface area contributed by atoms with E-state index < -0.39 is 53.4 Å². The van der Waals surface area contributed by atoms with Crippen molar-refractivity contribution >= 4 is 29.5 Å². The van der Waals surface area contributed by atoms with Crippen molar-refractivity contribution < 1.29 is 37.4 Å². The van der Waals surface area contributed by atoms with Crippen LogP contribution in [0.1, 0.15) is 27.0 Å². The van der Waals surface area contributed by atoms with Crippen LogP contribution in [0.4, 0.5) is 18.9 Å². The van der Waals surface area contributed by atoms with Gasteiger partial charge in [0.25, 0.3) is 0 Å². The van der Waals surface area contributed by atoms with Gasteiger partial charge in [-0.25, -0.2) is 14.6 Å². The van der Waals surface area contributed by atoms with Crippen LogP contribution in [0, 0.1) is 0 Å². The van der Waals surface area contributed by atoms with E-state index in [1.807, 2.05) is 0 Å². The number of halogens is 3. The van der Waals surface area contributed by atoms with Gasteiger partial charge in [0, 0.05) is 6.42 Å². The number of nitrogens with one attached hydrogen (secondary N) is 1. The highest BCUT2D eigenvalue weighted by atomic mass is 19.4. The number of carboxylic acids is 1. The standard InChI is InChI=1S/C26H23F3N4O5/c27-26(28,29)20-14-19(38-24(37)16-6-9-18(10-7-16)32-25(30)31)11-8-17(20)13-22(34)33-21(23(35)36)12-15-4-2-1-3-5-15/h1-11,14,21H,12-13H2,(H,33,34)(H,35,36)(H4,30,31,32)/t21-/m0/s1. The smallest absolute Gasteiger partial charge is 0.416 e. The third-order valence-electron chi connectivity index (χ3n) is 5.23. The summed E-state index contributed by atoms with van der Waals surface area (Å²) in [6.45, 7) is 0. The molecule has 0 unspecified atom stereocenters. The fraction of sp³-hybridized carbons (Fsp3) is 0.154. The van der Waals surface area contributed by atoms with Crippen LogP contribution in [0.5, 0.6) is 5.75 Å². The molecule has 0 spiro atoms. The number of amides is 1. The van der Waals surface area contributed by atoms with Crippen molar-refractivity contribution in [1.29, 1.82) is 0 Å². The molecule has 0 heterocycles. The molecule has 0 aliphatic rings. The first-order chi connectivity index (χ1) is 17.9. The zero-order valence-corrected chi connectivity index (χ0v) is 19.7. The Labute approximate surface area is 214 Å². The Morgan fingerprint density at radius 2 is 1.63 bits per heavy atom. The molecular weight excluding hydrogens is 505 g/mol. The first kappa shape index (κ1) is 27.7. The topological polar surface area (TPSA) is 157 Å².